The standard InChI is InChI=1S/C22H32N6O5/c1-30-10-8-27(9-11-31-2)14-16-4-6-17(7-5-16)15-28-20-18(24-22(28)29)19(23)25-21(26-20)33-13-12-32-3/h4-7H,8-15H2,1-3H3,(H,24,29)(H2,23,25,26). The Morgan fingerprint density at radius 3 is 2.21 bits per heavy atom. The summed E-state index contributed by atoms with van der Waals surface area (Å²) in [6.45, 7) is 4.76. The Kier molecular flexibility index (Phi) is 9.19. The van der Waals surface area contributed by atoms with Crippen molar-refractivity contribution in [1.82, 2.24) is 24.4 Å². The average molecular weight is 461 g/mol. The van der Waals surface area contributed by atoms with Crippen LogP contribution in [0.4, 0.5) is 5.82 Å². The third-order valence-electron chi connectivity index (χ3n) is 5.14. The van der Waals surface area contributed by atoms with Gasteiger partial charge in [-0.1, -0.05) is 24.3 Å². The Morgan fingerprint density at radius 2 is 1.58 bits per heavy atom. The summed E-state index contributed by atoms with van der Waals surface area (Å²) in [5.41, 5.74) is 8.61. The maximum Gasteiger partial charge on any atom is 0.328 e. The number of fused-ring (bicyclic) bond motifs is 1. The minimum atomic E-state index is -0.311. The van der Waals surface area contributed by atoms with Crippen LogP contribution in [0.5, 0.6) is 6.01 Å². The summed E-state index contributed by atoms with van der Waals surface area (Å²) in [6.07, 6.45) is 0. The molecule has 11 nitrogen and oxygen atoms in total. The number of anilines is 1. The highest BCUT2D eigenvalue weighted by Crippen LogP contribution is 2.19. The molecule has 0 saturated heterocycles. The van der Waals surface area contributed by atoms with Crippen LogP contribution in [-0.4, -0.2) is 85.3 Å². The lowest BCUT2D eigenvalue weighted by atomic mass is 10.1. The second kappa shape index (κ2) is 12.3. The molecule has 180 valence electrons. The van der Waals surface area contributed by atoms with E-state index >= 15 is 0 Å². The van der Waals surface area contributed by atoms with E-state index in [1.165, 1.54) is 4.57 Å². The van der Waals surface area contributed by atoms with Crippen LogP contribution in [0.25, 0.3) is 11.2 Å². The van der Waals surface area contributed by atoms with E-state index in [2.05, 4.69) is 32.0 Å². The molecule has 0 fully saturated rings. The minimum absolute atomic E-state index is 0.104. The molecule has 0 spiro atoms. The molecule has 2 aromatic heterocycles. The van der Waals surface area contributed by atoms with Crippen LogP contribution >= 0.6 is 0 Å². The summed E-state index contributed by atoms with van der Waals surface area (Å²) in [6, 6.07) is 8.24. The van der Waals surface area contributed by atoms with Gasteiger partial charge in [0.15, 0.2) is 11.5 Å². The quantitative estimate of drug-likeness (QED) is 0.337. The van der Waals surface area contributed by atoms with Gasteiger partial charge in [-0.15, -0.1) is 0 Å². The predicted molar refractivity (Wildman–Crippen MR) is 125 cm³/mol. The normalized spacial score (nSPS) is 11.5. The largest absolute Gasteiger partial charge is 0.461 e. The molecule has 0 aliphatic heterocycles. The molecular formula is C22H32N6O5. The van der Waals surface area contributed by atoms with Gasteiger partial charge in [0.25, 0.3) is 0 Å². The van der Waals surface area contributed by atoms with Crippen molar-refractivity contribution in [3.8, 4) is 6.01 Å². The highest BCUT2D eigenvalue weighted by Gasteiger charge is 2.15. The maximum atomic E-state index is 12.6. The molecule has 3 aromatic rings. The predicted octanol–water partition coefficient (Wildman–Crippen LogP) is 0.870. The lowest BCUT2D eigenvalue weighted by Crippen LogP contribution is -2.30. The first-order chi connectivity index (χ1) is 16.0. The number of nitrogens with two attached hydrogens (primary N) is 1. The summed E-state index contributed by atoms with van der Waals surface area (Å²) in [5.74, 6) is 0.158. The zero-order valence-electron chi connectivity index (χ0n) is 19.4. The smallest absolute Gasteiger partial charge is 0.328 e. The number of hydrogen-bond donors (Lipinski definition) is 2. The van der Waals surface area contributed by atoms with Crippen molar-refractivity contribution < 1.29 is 18.9 Å². The summed E-state index contributed by atoms with van der Waals surface area (Å²) in [7, 11) is 4.97. The monoisotopic (exact) mass is 460 g/mol. The van der Waals surface area contributed by atoms with E-state index in [1.807, 2.05) is 12.1 Å². The van der Waals surface area contributed by atoms with Gasteiger partial charge in [0, 0.05) is 41.0 Å². The number of nitrogens with zero attached hydrogens (tertiary/aromatic N) is 4. The zero-order chi connectivity index (χ0) is 23.6. The van der Waals surface area contributed by atoms with Gasteiger partial charge in [0.1, 0.15) is 12.1 Å². The second-order valence-electron chi connectivity index (χ2n) is 7.53. The molecule has 1 aromatic carbocycles. The number of rotatable bonds is 14. The number of ether oxygens (including phenoxy) is 4. The van der Waals surface area contributed by atoms with Crippen molar-refractivity contribution in [2.75, 3.05) is 66.6 Å². The molecule has 0 aliphatic rings. The van der Waals surface area contributed by atoms with E-state index in [1.54, 1.807) is 21.3 Å². The molecule has 2 heterocycles. The van der Waals surface area contributed by atoms with Crippen molar-refractivity contribution in [2.45, 2.75) is 13.1 Å². The van der Waals surface area contributed by atoms with Crippen LogP contribution in [0, 0.1) is 0 Å². The van der Waals surface area contributed by atoms with Crippen molar-refractivity contribution in [2.24, 2.45) is 0 Å². The number of methoxy groups -OCH3 is 3. The van der Waals surface area contributed by atoms with Gasteiger partial charge in [0.05, 0.1) is 26.4 Å². The Labute approximate surface area is 192 Å². The van der Waals surface area contributed by atoms with Gasteiger partial charge in [0.2, 0.25) is 0 Å². The molecule has 0 aliphatic carbocycles. The molecule has 0 amide bonds. The third kappa shape index (κ3) is 6.75. The fourth-order valence-electron chi connectivity index (χ4n) is 3.36. The van der Waals surface area contributed by atoms with Crippen molar-refractivity contribution in [3.63, 3.8) is 0 Å². The molecule has 3 N–H and O–H groups in total. The number of aromatic amines is 1. The van der Waals surface area contributed by atoms with Crippen LogP contribution in [0.2, 0.25) is 0 Å². The van der Waals surface area contributed by atoms with E-state index in [0.717, 1.165) is 30.8 Å². The van der Waals surface area contributed by atoms with Gasteiger partial charge in [-0.3, -0.25) is 9.47 Å². The van der Waals surface area contributed by atoms with Gasteiger partial charge in [-0.25, -0.2) is 4.79 Å². The zero-order valence-corrected chi connectivity index (χ0v) is 19.4. The van der Waals surface area contributed by atoms with Crippen LogP contribution < -0.4 is 16.2 Å². The maximum absolute atomic E-state index is 12.6. The molecule has 3 rings (SSSR count). The summed E-state index contributed by atoms with van der Waals surface area (Å²) >= 11 is 0. The number of hydrogen-bond acceptors (Lipinski definition) is 9. The topological polar surface area (TPSA) is 130 Å². The first-order valence-corrected chi connectivity index (χ1v) is 10.7. The first kappa shape index (κ1) is 24.6. The Hall–Kier alpha value is -2.99. The van der Waals surface area contributed by atoms with Crippen LogP contribution in [0.1, 0.15) is 11.1 Å². The molecule has 11 heteroatoms. The Morgan fingerprint density at radius 1 is 0.939 bits per heavy atom. The molecule has 33 heavy (non-hydrogen) atoms. The molecule has 0 unspecified atom stereocenters. The van der Waals surface area contributed by atoms with Crippen LogP contribution in [0.3, 0.4) is 0 Å². The van der Waals surface area contributed by atoms with Crippen molar-refractivity contribution >= 4 is 17.0 Å². The molecule has 0 bridgehead atoms. The SMILES string of the molecule is COCCOc1nc(N)c2[nH]c(=O)n(Cc3ccc(CN(CCOC)CCOC)cc3)c2n1. The highest BCUT2D eigenvalue weighted by molar-refractivity contribution is 5.81. The molecule has 0 atom stereocenters. The van der Waals surface area contributed by atoms with E-state index < -0.39 is 0 Å². The van der Waals surface area contributed by atoms with Gasteiger partial charge < -0.3 is 29.7 Å². The lowest BCUT2D eigenvalue weighted by Gasteiger charge is -2.21. The Bertz CT molecular complexity index is 1060. The number of nitrogens with one attached hydrogen (secondary N) is 1. The lowest BCUT2D eigenvalue weighted by molar-refractivity contribution is 0.110. The van der Waals surface area contributed by atoms with E-state index in [-0.39, 0.29) is 24.1 Å². The van der Waals surface area contributed by atoms with Gasteiger partial charge >= 0.3 is 11.7 Å². The van der Waals surface area contributed by atoms with E-state index in [4.69, 9.17) is 24.7 Å². The van der Waals surface area contributed by atoms with Crippen LogP contribution in [0.15, 0.2) is 29.1 Å². The van der Waals surface area contributed by atoms with E-state index in [9.17, 15) is 4.79 Å². The number of aromatic nitrogens is 4. The van der Waals surface area contributed by atoms with Crippen LogP contribution in [-0.2, 0) is 27.3 Å². The van der Waals surface area contributed by atoms with Gasteiger partial charge in [-0.05, 0) is 11.1 Å². The Balaban J connectivity index is 1.75. The van der Waals surface area contributed by atoms with E-state index in [0.29, 0.717) is 37.5 Å². The number of nitrogen functional groups attached to an aromatic ring is 1. The molecule has 0 saturated carbocycles. The molecular weight excluding hydrogens is 428 g/mol. The van der Waals surface area contributed by atoms with Gasteiger partial charge in [-0.2, -0.15) is 9.97 Å². The number of imidazole rings is 1. The van der Waals surface area contributed by atoms with Crippen molar-refractivity contribution in [1.29, 1.82) is 0 Å². The highest BCUT2D eigenvalue weighted by atomic mass is 16.5. The first-order valence-electron chi connectivity index (χ1n) is 10.7. The summed E-state index contributed by atoms with van der Waals surface area (Å²) in [4.78, 5) is 26.1. The minimum Gasteiger partial charge on any atom is -0.461 e. The third-order valence-corrected chi connectivity index (χ3v) is 5.14. The fourth-order valence-corrected chi connectivity index (χ4v) is 3.36. The average Bonchev–Trinajstić information content (AvgIpc) is 3.12. The van der Waals surface area contributed by atoms with Crippen molar-refractivity contribution in [3.05, 3.63) is 45.9 Å². The molecule has 0 radical (unpaired) electrons. The summed E-state index contributed by atoms with van der Waals surface area (Å²) < 4.78 is 22.4. The summed E-state index contributed by atoms with van der Waals surface area (Å²) in [5, 5.41) is 0. The number of H-pyrrole nitrogens is 1. The number of benzene rings is 1. The fraction of sp³-hybridized carbons (Fsp3) is 0.500. The second-order valence-corrected chi connectivity index (χ2v) is 7.53.